The molecule has 1 aliphatic rings. The number of nitrogens with one attached hydrogen (secondary N) is 2. The molecule has 1 saturated heterocycles. The van der Waals surface area contributed by atoms with Gasteiger partial charge in [-0.3, -0.25) is 9.59 Å². The SMILES string of the molecule is CC(=O)c1cccc(NC(=O)N2CCNC(=O)C2C(C)C)c1. The van der Waals surface area contributed by atoms with E-state index in [9.17, 15) is 14.4 Å². The highest BCUT2D eigenvalue weighted by atomic mass is 16.2. The molecule has 1 unspecified atom stereocenters. The smallest absolute Gasteiger partial charge is 0.322 e. The molecule has 0 saturated carbocycles. The molecule has 2 N–H and O–H groups in total. The van der Waals surface area contributed by atoms with Gasteiger partial charge in [0.2, 0.25) is 5.91 Å². The zero-order valence-corrected chi connectivity index (χ0v) is 13.1. The van der Waals surface area contributed by atoms with Gasteiger partial charge >= 0.3 is 6.03 Å². The molecule has 1 fully saturated rings. The van der Waals surface area contributed by atoms with Crippen LogP contribution in [0, 0.1) is 5.92 Å². The van der Waals surface area contributed by atoms with Crippen molar-refractivity contribution in [3.05, 3.63) is 29.8 Å². The first-order valence-corrected chi connectivity index (χ1v) is 7.36. The Kier molecular flexibility index (Phi) is 4.80. The zero-order chi connectivity index (χ0) is 16.3. The summed E-state index contributed by atoms with van der Waals surface area (Å²) in [7, 11) is 0. The number of ketones is 1. The van der Waals surface area contributed by atoms with Crippen molar-refractivity contribution in [2.45, 2.75) is 26.8 Å². The number of piperazine rings is 1. The summed E-state index contributed by atoms with van der Waals surface area (Å²) in [6.07, 6.45) is 0. The first kappa shape index (κ1) is 16.0. The molecule has 2 rings (SSSR count). The summed E-state index contributed by atoms with van der Waals surface area (Å²) in [5.41, 5.74) is 1.08. The molecule has 3 amide bonds. The van der Waals surface area contributed by atoms with Crippen molar-refractivity contribution in [3.63, 3.8) is 0 Å². The number of amides is 3. The molecular formula is C16H21N3O3. The van der Waals surface area contributed by atoms with Crippen molar-refractivity contribution in [2.75, 3.05) is 18.4 Å². The van der Waals surface area contributed by atoms with Crippen LogP contribution in [0.1, 0.15) is 31.1 Å². The third-order valence-corrected chi connectivity index (χ3v) is 3.67. The minimum absolute atomic E-state index is 0.0228. The summed E-state index contributed by atoms with van der Waals surface area (Å²) < 4.78 is 0. The van der Waals surface area contributed by atoms with Crippen LogP contribution < -0.4 is 10.6 Å². The van der Waals surface area contributed by atoms with Crippen molar-refractivity contribution in [2.24, 2.45) is 5.92 Å². The van der Waals surface area contributed by atoms with Crippen LogP contribution >= 0.6 is 0 Å². The van der Waals surface area contributed by atoms with Gasteiger partial charge in [0, 0.05) is 24.3 Å². The molecule has 6 heteroatoms. The first-order chi connectivity index (χ1) is 10.4. The summed E-state index contributed by atoms with van der Waals surface area (Å²) in [5.74, 6) is -0.169. The summed E-state index contributed by atoms with van der Waals surface area (Å²) in [6.45, 7) is 6.21. The Morgan fingerprint density at radius 1 is 1.36 bits per heavy atom. The molecule has 0 radical (unpaired) electrons. The maximum atomic E-state index is 12.5. The summed E-state index contributed by atoms with van der Waals surface area (Å²) in [5, 5.41) is 5.55. The van der Waals surface area contributed by atoms with E-state index in [1.54, 1.807) is 29.2 Å². The van der Waals surface area contributed by atoms with E-state index in [2.05, 4.69) is 10.6 Å². The Morgan fingerprint density at radius 3 is 2.73 bits per heavy atom. The summed E-state index contributed by atoms with van der Waals surface area (Å²) >= 11 is 0. The van der Waals surface area contributed by atoms with Gasteiger partial charge in [0.1, 0.15) is 6.04 Å². The molecule has 1 aromatic rings. The molecular weight excluding hydrogens is 282 g/mol. The maximum Gasteiger partial charge on any atom is 0.322 e. The Morgan fingerprint density at radius 2 is 2.09 bits per heavy atom. The van der Waals surface area contributed by atoms with Crippen molar-refractivity contribution in [1.29, 1.82) is 0 Å². The minimum atomic E-state index is -0.482. The van der Waals surface area contributed by atoms with E-state index < -0.39 is 6.04 Å². The van der Waals surface area contributed by atoms with Crippen LogP contribution in [0.5, 0.6) is 0 Å². The fourth-order valence-corrected chi connectivity index (χ4v) is 2.59. The predicted octanol–water partition coefficient (Wildman–Crippen LogP) is 1.88. The highest BCUT2D eigenvalue weighted by Gasteiger charge is 2.35. The predicted molar refractivity (Wildman–Crippen MR) is 83.8 cm³/mol. The van der Waals surface area contributed by atoms with Gasteiger partial charge < -0.3 is 15.5 Å². The molecule has 0 bridgehead atoms. The Hall–Kier alpha value is -2.37. The third-order valence-electron chi connectivity index (χ3n) is 3.67. The Labute approximate surface area is 129 Å². The summed E-state index contributed by atoms with van der Waals surface area (Å²) in [6, 6.07) is 5.96. The van der Waals surface area contributed by atoms with Crippen LogP contribution in [0.15, 0.2) is 24.3 Å². The van der Waals surface area contributed by atoms with Gasteiger partial charge in [0.15, 0.2) is 5.78 Å². The minimum Gasteiger partial charge on any atom is -0.353 e. The quantitative estimate of drug-likeness (QED) is 0.837. The van der Waals surface area contributed by atoms with Crippen LogP contribution in [-0.4, -0.2) is 41.8 Å². The van der Waals surface area contributed by atoms with Gasteiger partial charge in [0.05, 0.1) is 0 Å². The van der Waals surface area contributed by atoms with Crippen LogP contribution in [0.25, 0.3) is 0 Å². The monoisotopic (exact) mass is 303 g/mol. The standard InChI is InChI=1S/C16H21N3O3/c1-10(2)14-15(21)17-7-8-19(14)16(22)18-13-6-4-5-12(9-13)11(3)20/h4-6,9-10,14H,7-8H2,1-3H3,(H,17,21)(H,18,22). The molecule has 0 spiro atoms. The first-order valence-electron chi connectivity index (χ1n) is 7.36. The van der Waals surface area contributed by atoms with Gasteiger partial charge in [-0.15, -0.1) is 0 Å². The third kappa shape index (κ3) is 3.44. The lowest BCUT2D eigenvalue weighted by Gasteiger charge is -2.37. The Balaban J connectivity index is 2.15. The maximum absolute atomic E-state index is 12.5. The van der Waals surface area contributed by atoms with Gasteiger partial charge in [-0.05, 0) is 25.0 Å². The molecule has 0 aromatic heterocycles. The van der Waals surface area contributed by atoms with Crippen molar-refractivity contribution in [3.8, 4) is 0 Å². The number of carbonyl (C=O) groups excluding carboxylic acids is 3. The van der Waals surface area contributed by atoms with Gasteiger partial charge in [-0.25, -0.2) is 4.79 Å². The van der Waals surface area contributed by atoms with E-state index in [0.717, 1.165) is 0 Å². The lowest BCUT2D eigenvalue weighted by molar-refractivity contribution is -0.129. The van der Waals surface area contributed by atoms with Crippen LogP contribution in [0.3, 0.4) is 0 Å². The number of anilines is 1. The number of benzene rings is 1. The molecule has 118 valence electrons. The number of hydrogen-bond donors (Lipinski definition) is 2. The number of hydrogen-bond acceptors (Lipinski definition) is 3. The second kappa shape index (κ2) is 6.60. The molecule has 1 atom stereocenters. The van der Waals surface area contributed by atoms with Crippen molar-refractivity contribution >= 4 is 23.4 Å². The van der Waals surface area contributed by atoms with Crippen LogP contribution in [0.2, 0.25) is 0 Å². The largest absolute Gasteiger partial charge is 0.353 e. The van der Waals surface area contributed by atoms with Gasteiger partial charge in [-0.2, -0.15) is 0 Å². The van der Waals surface area contributed by atoms with E-state index in [1.165, 1.54) is 6.92 Å². The number of urea groups is 1. The lowest BCUT2D eigenvalue weighted by Crippen LogP contribution is -2.60. The highest BCUT2D eigenvalue weighted by molar-refractivity contribution is 5.98. The second-order valence-corrected chi connectivity index (χ2v) is 5.74. The normalized spacial score (nSPS) is 18.1. The number of nitrogens with zero attached hydrogens (tertiary/aromatic N) is 1. The number of Topliss-reactive ketones (excluding diaryl/α,β-unsaturated/α-hetero) is 1. The second-order valence-electron chi connectivity index (χ2n) is 5.74. The van der Waals surface area contributed by atoms with E-state index in [-0.39, 0.29) is 23.6 Å². The van der Waals surface area contributed by atoms with Gasteiger partial charge in [0.25, 0.3) is 0 Å². The molecule has 1 heterocycles. The van der Waals surface area contributed by atoms with Crippen molar-refractivity contribution < 1.29 is 14.4 Å². The van der Waals surface area contributed by atoms with E-state index >= 15 is 0 Å². The average molecular weight is 303 g/mol. The molecule has 22 heavy (non-hydrogen) atoms. The van der Waals surface area contributed by atoms with E-state index in [0.29, 0.717) is 24.3 Å². The van der Waals surface area contributed by atoms with E-state index in [4.69, 9.17) is 0 Å². The topological polar surface area (TPSA) is 78.5 Å². The average Bonchev–Trinajstić information content (AvgIpc) is 2.46. The van der Waals surface area contributed by atoms with Crippen molar-refractivity contribution in [1.82, 2.24) is 10.2 Å². The fraction of sp³-hybridized carbons (Fsp3) is 0.438. The molecule has 1 aliphatic heterocycles. The van der Waals surface area contributed by atoms with Gasteiger partial charge in [-0.1, -0.05) is 26.0 Å². The van der Waals surface area contributed by atoms with E-state index in [1.807, 2.05) is 13.8 Å². The number of rotatable bonds is 3. The fourth-order valence-electron chi connectivity index (χ4n) is 2.59. The number of carbonyl (C=O) groups is 3. The molecule has 1 aromatic carbocycles. The van der Waals surface area contributed by atoms with Crippen LogP contribution in [0.4, 0.5) is 10.5 Å². The zero-order valence-electron chi connectivity index (χ0n) is 13.1. The van der Waals surface area contributed by atoms with Crippen LogP contribution in [-0.2, 0) is 4.79 Å². The highest BCUT2D eigenvalue weighted by Crippen LogP contribution is 2.17. The molecule has 6 nitrogen and oxygen atoms in total. The lowest BCUT2D eigenvalue weighted by atomic mass is 10.00. The summed E-state index contributed by atoms with van der Waals surface area (Å²) in [4.78, 5) is 37.4. The molecule has 0 aliphatic carbocycles. The Bertz CT molecular complexity index is 598.